The number of halogens is 2. The van der Waals surface area contributed by atoms with Crippen LogP contribution in [0.2, 0.25) is 0 Å². The van der Waals surface area contributed by atoms with E-state index in [1.165, 1.54) is 0 Å². The average Bonchev–Trinajstić information content (AvgIpc) is 2.39. The van der Waals surface area contributed by atoms with Gasteiger partial charge in [0.2, 0.25) is 0 Å². The number of carbonyl (C=O) groups is 1. The minimum absolute atomic E-state index is 0.0814. The largest absolute Gasteiger partial charge is 0.345 e. The number of rotatable bonds is 3. The van der Waals surface area contributed by atoms with Gasteiger partial charge in [0, 0.05) is 21.3 Å². The van der Waals surface area contributed by atoms with Crippen molar-refractivity contribution in [3.63, 3.8) is 0 Å². The lowest BCUT2D eigenvalue weighted by Gasteiger charge is -2.15. The smallest absolute Gasteiger partial charge is 0.253 e. The van der Waals surface area contributed by atoms with E-state index in [1.807, 2.05) is 31.2 Å². The number of amides is 1. The van der Waals surface area contributed by atoms with E-state index in [2.05, 4.69) is 42.2 Å². The van der Waals surface area contributed by atoms with Crippen LogP contribution in [0.5, 0.6) is 0 Å². The van der Waals surface area contributed by atoms with Gasteiger partial charge in [-0.25, -0.2) is 0 Å². The minimum atomic E-state index is -0.142. The van der Waals surface area contributed by atoms with Crippen LogP contribution in [0.25, 0.3) is 0 Å². The van der Waals surface area contributed by atoms with E-state index in [0.29, 0.717) is 5.56 Å². The lowest BCUT2D eigenvalue weighted by molar-refractivity contribution is 0.0939. The average molecular weight is 384 g/mol. The van der Waals surface area contributed by atoms with E-state index in [1.54, 1.807) is 18.5 Å². The first-order valence-electron chi connectivity index (χ1n) is 5.74. The molecule has 5 heteroatoms. The van der Waals surface area contributed by atoms with Crippen molar-refractivity contribution < 1.29 is 4.79 Å². The van der Waals surface area contributed by atoms with Crippen molar-refractivity contribution in [2.24, 2.45) is 0 Å². The normalized spacial score (nSPS) is 11.9. The number of hydrogen-bond acceptors (Lipinski definition) is 2. The van der Waals surface area contributed by atoms with Gasteiger partial charge in [0.1, 0.15) is 0 Å². The number of carbonyl (C=O) groups excluding carboxylic acids is 1. The third-order valence-electron chi connectivity index (χ3n) is 2.69. The maximum absolute atomic E-state index is 12.1. The summed E-state index contributed by atoms with van der Waals surface area (Å²) in [6.07, 6.45) is 3.20. The Balaban J connectivity index is 2.13. The Hall–Kier alpha value is -1.20. The summed E-state index contributed by atoms with van der Waals surface area (Å²) in [5.74, 6) is -0.142. The molecule has 1 aromatic heterocycles. The molecule has 0 aliphatic rings. The first-order chi connectivity index (χ1) is 9.08. The molecule has 0 aliphatic heterocycles. The molecule has 0 radical (unpaired) electrons. The molecule has 98 valence electrons. The number of benzene rings is 1. The molecular weight excluding hydrogens is 372 g/mol. The molecule has 1 atom stereocenters. The summed E-state index contributed by atoms with van der Waals surface area (Å²) in [7, 11) is 0. The Morgan fingerprint density at radius 1 is 1.26 bits per heavy atom. The quantitative estimate of drug-likeness (QED) is 0.866. The third-order valence-corrected chi connectivity index (χ3v) is 3.84. The van der Waals surface area contributed by atoms with Gasteiger partial charge in [-0.3, -0.25) is 9.78 Å². The summed E-state index contributed by atoms with van der Waals surface area (Å²) in [6, 6.07) is 9.49. The van der Waals surface area contributed by atoms with E-state index in [9.17, 15) is 4.79 Å². The van der Waals surface area contributed by atoms with Crippen molar-refractivity contribution in [3.05, 3.63) is 62.8 Å². The highest BCUT2D eigenvalue weighted by atomic mass is 79.9. The van der Waals surface area contributed by atoms with Crippen LogP contribution in [0.1, 0.15) is 28.9 Å². The first kappa shape index (κ1) is 14.2. The lowest BCUT2D eigenvalue weighted by atomic mass is 10.1. The summed E-state index contributed by atoms with van der Waals surface area (Å²) < 4.78 is 1.77. The first-order valence-corrected chi connectivity index (χ1v) is 7.32. The monoisotopic (exact) mass is 382 g/mol. The van der Waals surface area contributed by atoms with Gasteiger partial charge in [-0.05, 0) is 40.5 Å². The molecule has 0 unspecified atom stereocenters. The Bertz CT molecular complexity index is 602. The zero-order valence-electron chi connectivity index (χ0n) is 10.2. The van der Waals surface area contributed by atoms with Crippen molar-refractivity contribution in [1.29, 1.82) is 0 Å². The van der Waals surface area contributed by atoms with Gasteiger partial charge in [0.05, 0.1) is 11.6 Å². The molecule has 0 aliphatic carbocycles. The third kappa shape index (κ3) is 3.64. The highest BCUT2D eigenvalue weighted by Crippen LogP contribution is 2.23. The molecule has 1 heterocycles. The van der Waals surface area contributed by atoms with Crippen LogP contribution >= 0.6 is 31.9 Å². The Morgan fingerprint density at radius 2 is 2.00 bits per heavy atom. The number of aromatic nitrogens is 1. The van der Waals surface area contributed by atoms with Gasteiger partial charge in [-0.2, -0.15) is 0 Å². The van der Waals surface area contributed by atoms with Crippen LogP contribution in [0.3, 0.4) is 0 Å². The summed E-state index contributed by atoms with van der Waals surface area (Å²) >= 11 is 6.79. The van der Waals surface area contributed by atoms with E-state index >= 15 is 0 Å². The Kier molecular flexibility index (Phi) is 4.71. The molecular formula is C14H12Br2N2O. The molecule has 2 aromatic rings. The van der Waals surface area contributed by atoms with Crippen LogP contribution < -0.4 is 5.32 Å². The van der Waals surface area contributed by atoms with Crippen molar-refractivity contribution >= 4 is 37.8 Å². The molecule has 1 aromatic carbocycles. The fourth-order valence-electron chi connectivity index (χ4n) is 1.72. The van der Waals surface area contributed by atoms with Crippen LogP contribution in [0.15, 0.2) is 51.7 Å². The molecule has 0 saturated heterocycles. The SMILES string of the molecule is C[C@H](NC(=O)c1cncc(Br)c1)c1ccccc1Br. The summed E-state index contributed by atoms with van der Waals surface area (Å²) in [5.41, 5.74) is 1.58. The van der Waals surface area contributed by atoms with Gasteiger partial charge in [0.15, 0.2) is 0 Å². The van der Waals surface area contributed by atoms with Gasteiger partial charge < -0.3 is 5.32 Å². The highest BCUT2D eigenvalue weighted by Gasteiger charge is 2.13. The molecule has 0 saturated carbocycles. The van der Waals surface area contributed by atoms with E-state index in [0.717, 1.165) is 14.5 Å². The van der Waals surface area contributed by atoms with Crippen molar-refractivity contribution in [2.75, 3.05) is 0 Å². The number of nitrogens with zero attached hydrogens (tertiary/aromatic N) is 1. The van der Waals surface area contributed by atoms with Crippen LogP contribution in [-0.2, 0) is 0 Å². The van der Waals surface area contributed by atoms with Crippen molar-refractivity contribution in [1.82, 2.24) is 10.3 Å². The lowest BCUT2D eigenvalue weighted by Crippen LogP contribution is -2.26. The van der Waals surface area contributed by atoms with Crippen LogP contribution in [0.4, 0.5) is 0 Å². The van der Waals surface area contributed by atoms with Gasteiger partial charge >= 0.3 is 0 Å². The van der Waals surface area contributed by atoms with Gasteiger partial charge in [-0.15, -0.1) is 0 Å². The van der Waals surface area contributed by atoms with E-state index in [4.69, 9.17) is 0 Å². The molecule has 1 amide bonds. The van der Waals surface area contributed by atoms with E-state index in [-0.39, 0.29) is 11.9 Å². The molecule has 19 heavy (non-hydrogen) atoms. The number of nitrogens with one attached hydrogen (secondary N) is 1. The topological polar surface area (TPSA) is 42.0 Å². The van der Waals surface area contributed by atoms with Crippen molar-refractivity contribution in [2.45, 2.75) is 13.0 Å². The summed E-state index contributed by atoms with van der Waals surface area (Å²) in [6.45, 7) is 1.95. The Labute approximate surface area is 128 Å². The van der Waals surface area contributed by atoms with Gasteiger partial charge in [-0.1, -0.05) is 34.1 Å². The molecule has 2 rings (SSSR count). The molecule has 1 N–H and O–H groups in total. The highest BCUT2D eigenvalue weighted by molar-refractivity contribution is 9.10. The fraction of sp³-hybridized carbons (Fsp3) is 0.143. The minimum Gasteiger partial charge on any atom is -0.345 e. The van der Waals surface area contributed by atoms with Crippen LogP contribution in [-0.4, -0.2) is 10.9 Å². The predicted molar refractivity (Wildman–Crippen MR) is 82.0 cm³/mol. The summed E-state index contributed by atoms with van der Waals surface area (Å²) in [4.78, 5) is 16.1. The molecule has 3 nitrogen and oxygen atoms in total. The predicted octanol–water partition coefficient (Wildman–Crippen LogP) is 4.10. The zero-order chi connectivity index (χ0) is 13.8. The number of pyridine rings is 1. The maximum atomic E-state index is 12.1. The number of hydrogen-bond donors (Lipinski definition) is 1. The van der Waals surface area contributed by atoms with Crippen molar-refractivity contribution in [3.8, 4) is 0 Å². The maximum Gasteiger partial charge on any atom is 0.253 e. The Morgan fingerprint density at radius 3 is 2.68 bits per heavy atom. The second-order valence-corrected chi connectivity index (χ2v) is 5.88. The molecule has 0 bridgehead atoms. The summed E-state index contributed by atoms with van der Waals surface area (Å²) in [5, 5.41) is 2.95. The second kappa shape index (κ2) is 6.30. The zero-order valence-corrected chi connectivity index (χ0v) is 13.4. The van der Waals surface area contributed by atoms with Crippen LogP contribution in [0, 0.1) is 0 Å². The van der Waals surface area contributed by atoms with E-state index < -0.39 is 0 Å². The van der Waals surface area contributed by atoms with Gasteiger partial charge in [0.25, 0.3) is 5.91 Å². The fourth-order valence-corrected chi connectivity index (χ4v) is 2.71. The standard InChI is InChI=1S/C14H12Br2N2O/c1-9(12-4-2-3-5-13(12)16)18-14(19)10-6-11(15)8-17-7-10/h2-9H,1H3,(H,18,19)/t9-/m0/s1. The second-order valence-electron chi connectivity index (χ2n) is 4.11. The molecule has 0 fully saturated rings. The molecule has 0 spiro atoms.